The molecule has 1 aromatic rings. The van der Waals surface area contributed by atoms with E-state index in [-0.39, 0.29) is 17.1 Å². The molecule has 0 aromatic carbocycles. The summed E-state index contributed by atoms with van der Waals surface area (Å²) < 4.78 is 0. The summed E-state index contributed by atoms with van der Waals surface area (Å²) in [6.45, 7) is 0.0968. The molecule has 1 aromatic heterocycles. The molecule has 0 radical (unpaired) electrons. The largest absolute Gasteiger partial charge is 0.478 e. The van der Waals surface area contributed by atoms with E-state index in [0.717, 1.165) is 11.3 Å². The molecule has 0 aliphatic carbocycles. The molecule has 0 aliphatic heterocycles. The zero-order valence-corrected chi connectivity index (χ0v) is 8.43. The van der Waals surface area contributed by atoms with Crippen LogP contribution in [-0.4, -0.2) is 23.7 Å². The maximum absolute atomic E-state index is 11.1. The van der Waals surface area contributed by atoms with E-state index in [1.54, 1.807) is 5.38 Å². The summed E-state index contributed by atoms with van der Waals surface area (Å²) in [5.74, 6) is 1.15. The van der Waals surface area contributed by atoms with Crippen molar-refractivity contribution < 1.29 is 14.7 Å². The lowest BCUT2D eigenvalue weighted by molar-refractivity contribution is 0.0698. The fraction of sp³-hybridized carbons (Fsp3) is 0.111. The van der Waals surface area contributed by atoms with Gasteiger partial charge in [-0.15, -0.1) is 17.8 Å². The number of thiophene rings is 1. The Morgan fingerprint density at radius 3 is 2.93 bits per heavy atom. The Kier molecular flexibility index (Phi) is 3.71. The normalized spacial score (nSPS) is 9.00. The number of hydrogen-bond acceptors (Lipinski definition) is 3. The van der Waals surface area contributed by atoms with Gasteiger partial charge in [0.15, 0.2) is 0 Å². The number of urea groups is 1. The zero-order chi connectivity index (χ0) is 11.3. The van der Waals surface area contributed by atoms with Crippen molar-refractivity contribution in [1.82, 2.24) is 5.32 Å². The Labute approximate surface area is 90.1 Å². The molecule has 0 atom stereocenters. The molecule has 5 nitrogen and oxygen atoms in total. The first-order valence-electron chi connectivity index (χ1n) is 3.94. The Bertz CT molecular complexity index is 419. The molecule has 0 unspecified atom stereocenters. The predicted octanol–water partition coefficient (Wildman–Crippen LogP) is 1.20. The van der Waals surface area contributed by atoms with E-state index < -0.39 is 12.0 Å². The average molecular weight is 224 g/mol. The summed E-state index contributed by atoms with van der Waals surface area (Å²) in [6.07, 6.45) is 4.94. The molecular weight excluding hydrogens is 216 g/mol. The van der Waals surface area contributed by atoms with E-state index in [1.165, 1.54) is 6.07 Å². The van der Waals surface area contributed by atoms with Crippen molar-refractivity contribution >= 4 is 28.3 Å². The maximum Gasteiger partial charge on any atom is 0.338 e. The number of nitrogens with one attached hydrogen (secondary N) is 2. The first kappa shape index (κ1) is 11.1. The minimum absolute atomic E-state index is 0.0656. The van der Waals surface area contributed by atoms with Crippen LogP contribution in [0, 0.1) is 12.3 Å². The van der Waals surface area contributed by atoms with Crippen LogP contribution in [-0.2, 0) is 0 Å². The fourth-order valence-electron chi connectivity index (χ4n) is 0.853. The molecule has 15 heavy (non-hydrogen) atoms. The van der Waals surface area contributed by atoms with Crippen LogP contribution < -0.4 is 10.6 Å². The minimum Gasteiger partial charge on any atom is -0.478 e. The summed E-state index contributed by atoms with van der Waals surface area (Å²) >= 11 is 1.14. The number of anilines is 1. The molecule has 0 saturated carbocycles. The molecule has 78 valence electrons. The summed E-state index contributed by atoms with van der Waals surface area (Å²) in [4.78, 5) is 21.8. The van der Waals surface area contributed by atoms with E-state index in [9.17, 15) is 9.59 Å². The fourth-order valence-corrected chi connectivity index (χ4v) is 1.63. The first-order chi connectivity index (χ1) is 7.15. The Balaban J connectivity index is 2.65. The molecule has 3 N–H and O–H groups in total. The van der Waals surface area contributed by atoms with Gasteiger partial charge in [-0.2, -0.15) is 0 Å². The molecule has 0 aliphatic rings. The zero-order valence-electron chi connectivity index (χ0n) is 7.61. The van der Waals surface area contributed by atoms with Crippen LogP contribution in [0.2, 0.25) is 0 Å². The van der Waals surface area contributed by atoms with Gasteiger partial charge >= 0.3 is 12.0 Å². The highest BCUT2D eigenvalue weighted by molar-refractivity contribution is 7.14. The summed E-state index contributed by atoms with van der Waals surface area (Å²) in [7, 11) is 0. The third-order valence-electron chi connectivity index (χ3n) is 1.47. The van der Waals surface area contributed by atoms with E-state index in [0.29, 0.717) is 0 Å². The van der Waals surface area contributed by atoms with Gasteiger partial charge in [0, 0.05) is 0 Å². The number of carboxylic acids is 1. The average Bonchev–Trinajstić information content (AvgIpc) is 2.62. The highest BCUT2D eigenvalue weighted by Gasteiger charge is 2.12. The van der Waals surface area contributed by atoms with Crippen LogP contribution in [0.5, 0.6) is 0 Å². The third-order valence-corrected chi connectivity index (χ3v) is 2.30. The lowest BCUT2D eigenvalue weighted by Crippen LogP contribution is -2.29. The number of hydrogen-bond donors (Lipinski definition) is 3. The lowest BCUT2D eigenvalue weighted by atomic mass is 10.3. The van der Waals surface area contributed by atoms with Crippen LogP contribution in [0.3, 0.4) is 0 Å². The molecule has 2 amide bonds. The minimum atomic E-state index is -1.08. The van der Waals surface area contributed by atoms with E-state index in [4.69, 9.17) is 11.5 Å². The van der Waals surface area contributed by atoms with Gasteiger partial charge < -0.3 is 10.4 Å². The first-order valence-corrected chi connectivity index (χ1v) is 4.82. The van der Waals surface area contributed by atoms with Crippen molar-refractivity contribution in [3.63, 3.8) is 0 Å². The summed E-state index contributed by atoms with van der Waals surface area (Å²) in [5, 5.41) is 15.4. The summed E-state index contributed by atoms with van der Waals surface area (Å²) in [5.41, 5.74) is 0.0656. The number of carboxylic acid groups (broad SMARTS) is 1. The van der Waals surface area contributed by atoms with E-state index >= 15 is 0 Å². The van der Waals surface area contributed by atoms with Gasteiger partial charge in [-0.25, -0.2) is 9.59 Å². The summed E-state index contributed by atoms with van der Waals surface area (Å²) in [6, 6.07) is 0.905. The Morgan fingerprint density at radius 1 is 1.60 bits per heavy atom. The second-order valence-electron chi connectivity index (χ2n) is 2.48. The molecule has 1 heterocycles. The number of carbonyl (C=O) groups excluding carboxylic acids is 1. The van der Waals surface area contributed by atoms with Crippen molar-refractivity contribution in [1.29, 1.82) is 0 Å². The number of aromatic carboxylic acids is 1. The van der Waals surface area contributed by atoms with Crippen molar-refractivity contribution in [3.05, 3.63) is 17.0 Å². The Hall–Kier alpha value is -2.00. The topological polar surface area (TPSA) is 78.4 Å². The van der Waals surface area contributed by atoms with Crippen LogP contribution in [0.4, 0.5) is 9.80 Å². The van der Waals surface area contributed by atoms with Gasteiger partial charge in [0.1, 0.15) is 5.00 Å². The van der Waals surface area contributed by atoms with Crippen LogP contribution in [0.1, 0.15) is 10.4 Å². The molecule has 6 heteroatoms. The van der Waals surface area contributed by atoms with Crippen molar-refractivity contribution in [2.75, 3.05) is 11.9 Å². The number of carbonyl (C=O) groups is 2. The highest BCUT2D eigenvalue weighted by atomic mass is 32.1. The molecule has 0 bridgehead atoms. The van der Waals surface area contributed by atoms with Gasteiger partial charge in [0.05, 0.1) is 12.1 Å². The number of amides is 2. The Morgan fingerprint density at radius 2 is 2.33 bits per heavy atom. The molecule has 0 saturated heterocycles. The van der Waals surface area contributed by atoms with Crippen molar-refractivity contribution in [2.24, 2.45) is 0 Å². The predicted molar refractivity (Wildman–Crippen MR) is 57.1 cm³/mol. The molecule has 1 rings (SSSR count). The van der Waals surface area contributed by atoms with E-state index in [1.807, 2.05) is 0 Å². The second kappa shape index (κ2) is 5.02. The lowest BCUT2D eigenvalue weighted by Gasteiger charge is -2.03. The van der Waals surface area contributed by atoms with Crippen LogP contribution in [0.25, 0.3) is 0 Å². The third kappa shape index (κ3) is 3.00. The van der Waals surface area contributed by atoms with Gasteiger partial charge in [0.25, 0.3) is 0 Å². The van der Waals surface area contributed by atoms with Gasteiger partial charge in [-0.3, -0.25) is 5.32 Å². The number of rotatable bonds is 3. The van der Waals surface area contributed by atoms with Crippen molar-refractivity contribution in [2.45, 2.75) is 0 Å². The van der Waals surface area contributed by atoms with Crippen molar-refractivity contribution in [3.8, 4) is 12.3 Å². The quantitative estimate of drug-likeness (QED) is 0.675. The van der Waals surface area contributed by atoms with E-state index in [2.05, 4.69) is 16.6 Å². The van der Waals surface area contributed by atoms with Crippen LogP contribution in [0.15, 0.2) is 11.4 Å². The molecular formula is C9H8N2O3S. The SMILES string of the molecule is C#CCNC(=O)Nc1sccc1C(=O)O. The smallest absolute Gasteiger partial charge is 0.338 e. The second-order valence-corrected chi connectivity index (χ2v) is 3.40. The monoisotopic (exact) mass is 224 g/mol. The molecule has 0 fully saturated rings. The maximum atomic E-state index is 11.1. The van der Waals surface area contributed by atoms with Crippen LogP contribution >= 0.6 is 11.3 Å². The highest BCUT2D eigenvalue weighted by Crippen LogP contribution is 2.22. The molecule has 0 spiro atoms. The van der Waals surface area contributed by atoms with Gasteiger partial charge in [-0.05, 0) is 11.4 Å². The number of terminal acetylenes is 1. The van der Waals surface area contributed by atoms with Gasteiger partial charge in [0.2, 0.25) is 0 Å². The van der Waals surface area contributed by atoms with Gasteiger partial charge in [-0.1, -0.05) is 5.92 Å². The standard InChI is InChI=1S/C9H8N2O3S/c1-2-4-10-9(14)11-7-6(8(12)13)3-5-15-7/h1,3,5H,4H2,(H,12,13)(H2,10,11,14).